The molecule has 3 amide bonds. The van der Waals surface area contributed by atoms with Gasteiger partial charge in [-0.25, -0.2) is 4.90 Å². The standard InChI is InChI=1S/C28H19ClN4O6S2/c29-16-6-8-17(9-7-16)30-20(34)14-31-27-24(41-28(31)37)21(15-4-2-1-3-5-15)22-23(40-27)26(36)32(25(22)35)18-10-12-19(13-11-18)33(38)39/h1-13,21-23H,14H2,(H,30,34)/t21-,22?,23?/m1/s1. The minimum absolute atomic E-state index is 0.162. The van der Waals surface area contributed by atoms with Gasteiger partial charge in [-0.15, -0.1) is 0 Å². The Balaban J connectivity index is 1.38. The fourth-order valence-corrected chi connectivity index (χ4v) is 8.03. The lowest BCUT2D eigenvalue weighted by Crippen LogP contribution is -2.33. The quantitative estimate of drug-likeness (QED) is 0.187. The Kier molecular flexibility index (Phi) is 6.98. The van der Waals surface area contributed by atoms with Crippen molar-refractivity contribution in [3.63, 3.8) is 0 Å². The Morgan fingerprint density at radius 1 is 0.951 bits per heavy atom. The molecule has 0 spiro atoms. The highest BCUT2D eigenvalue weighted by molar-refractivity contribution is 8.00. The van der Waals surface area contributed by atoms with Crippen LogP contribution in [-0.2, 0) is 20.9 Å². The van der Waals surface area contributed by atoms with Crippen molar-refractivity contribution in [1.82, 2.24) is 4.57 Å². The summed E-state index contributed by atoms with van der Waals surface area (Å²) < 4.78 is 1.34. The Bertz CT molecular complexity index is 1760. The van der Waals surface area contributed by atoms with Crippen LogP contribution in [0.15, 0.2) is 88.7 Å². The predicted molar refractivity (Wildman–Crippen MR) is 156 cm³/mol. The van der Waals surface area contributed by atoms with E-state index in [2.05, 4.69) is 5.32 Å². The second-order valence-electron chi connectivity index (χ2n) is 9.42. The van der Waals surface area contributed by atoms with Crippen LogP contribution in [0.1, 0.15) is 16.4 Å². The van der Waals surface area contributed by atoms with Crippen LogP contribution in [0.25, 0.3) is 0 Å². The summed E-state index contributed by atoms with van der Waals surface area (Å²) in [7, 11) is 0. The third-order valence-electron chi connectivity index (χ3n) is 6.96. The van der Waals surface area contributed by atoms with Crippen LogP contribution in [0, 0.1) is 16.0 Å². The van der Waals surface area contributed by atoms with Crippen LogP contribution in [0.4, 0.5) is 17.1 Å². The summed E-state index contributed by atoms with van der Waals surface area (Å²) in [5.41, 5.74) is 1.34. The summed E-state index contributed by atoms with van der Waals surface area (Å²) in [5.74, 6) is -2.78. The molecule has 10 nitrogen and oxygen atoms in total. The zero-order valence-corrected chi connectivity index (χ0v) is 23.3. The second kappa shape index (κ2) is 10.6. The normalized spacial score (nSPS) is 19.5. The molecule has 0 aliphatic carbocycles. The molecule has 1 aromatic heterocycles. The minimum Gasteiger partial charge on any atom is -0.325 e. The summed E-state index contributed by atoms with van der Waals surface area (Å²) in [6.45, 7) is -0.284. The molecule has 1 fully saturated rings. The molecular weight excluding hydrogens is 588 g/mol. The highest BCUT2D eigenvalue weighted by atomic mass is 35.5. The van der Waals surface area contributed by atoms with Gasteiger partial charge in [-0.1, -0.05) is 65.0 Å². The zero-order chi connectivity index (χ0) is 28.8. The van der Waals surface area contributed by atoms with Crippen LogP contribution < -0.4 is 15.1 Å². The maximum absolute atomic E-state index is 13.9. The number of hydrogen-bond donors (Lipinski definition) is 1. The average Bonchev–Trinajstić information content (AvgIpc) is 3.40. The molecule has 13 heteroatoms. The Hall–Kier alpha value is -4.26. The lowest BCUT2D eigenvalue weighted by atomic mass is 9.83. The van der Waals surface area contributed by atoms with E-state index < -0.39 is 39.7 Å². The average molecular weight is 607 g/mol. The fourth-order valence-electron chi connectivity index (χ4n) is 5.13. The maximum atomic E-state index is 13.9. The van der Waals surface area contributed by atoms with Gasteiger partial charge in [0.2, 0.25) is 17.7 Å². The van der Waals surface area contributed by atoms with Crippen LogP contribution in [0.2, 0.25) is 5.02 Å². The van der Waals surface area contributed by atoms with E-state index in [9.17, 15) is 29.3 Å². The number of nitrogens with zero attached hydrogens (tertiary/aromatic N) is 3. The molecule has 206 valence electrons. The topological polar surface area (TPSA) is 132 Å². The number of carbonyl (C=O) groups is 3. The molecule has 6 rings (SSSR count). The number of nitro groups is 1. The van der Waals surface area contributed by atoms with E-state index in [4.69, 9.17) is 11.6 Å². The van der Waals surface area contributed by atoms with Crippen molar-refractivity contribution in [3.05, 3.63) is 114 Å². The third kappa shape index (κ3) is 4.83. The van der Waals surface area contributed by atoms with Crippen molar-refractivity contribution in [2.75, 3.05) is 10.2 Å². The number of nitrogens with one attached hydrogen (secondary N) is 1. The highest BCUT2D eigenvalue weighted by Gasteiger charge is 2.56. The summed E-state index contributed by atoms with van der Waals surface area (Å²) in [6.07, 6.45) is 0. The summed E-state index contributed by atoms with van der Waals surface area (Å²) in [6, 6.07) is 21.0. The molecule has 2 aliphatic rings. The van der Waals surface area contributed by atoms with E-state index >= 15 is 0 Å². The van der Waals surface area contributed by atoms with Crippen molar-refractivity contribution in [3.8, 4) is 0 Å². The van der Waals surface area contributed by atoms with Gasteiger partial charge in [0, 0.05) is 33.6 Å². The molecule has 41 heavy (non-hydrogen) atoms. The molecule has 4 aromatic rings. The number of hydrogen-bond acceptors (Lipinski definition) is 8. The largest absolute Gasteiger partial charge is 0.325 e. The number of imide groups is 1. The molecule has 3 atom stereocenters. The monoisotopic (exact) mass is 606 g/mol. The first kappa shape index (κ1) is 26.9. The first-order valence-corrected chi connectivity index (χ1v) is 14.4. The molecular formula is C28H19ClN4O6S2. The van der Waals surface area contributed by atoms with Crippen molar-refractivity contribution >= 4 is 69.5 Å². The van der Waals surface area contributed by atoms with Gasteiger partial charge in [0.1, 0.15) is 11.8 Å². The molecule has 0 radical (unpaired) electrons. The summed E-state index contributed by atoms with van der Waals surface area (Å²) in [5, 5.41) is 14.0. The number of halogens is 1. The Morgan fingerprint density at radius 2 is 1.63 bits per heavy atom. The maximum Gasteiger partial charge on any atom is 0.308 e. The van der Waals surface area contributed by atoms with Gasteiger partial charge in [0.05, 0.1) is 21.6 Å². The number of aromatic nitrogens is 1. The molecule has 1 saturated heterocycles. The number of rotatable bonds is 6. The summed E-state index contributed by atoms with van der Waals surface area (Å²) in [4.78, 5) is 65.6. The number of benzene rings is 3. The van der Waals surface area contributed by atoms with E-state index in [0.29, 0.717) is 20.6 Å². The molecule has 0 saturated carbocycles. The molecule has 0 bridgehead atoms. The van der Waals surface area contributed by atoms with Crippen molar-refractivity contribution in [1.29, 1.82) is 0 Å². The lowest BCUT2D eigenvalue weighted by molar-refractivity contribution is -0.384. The SMILES string of the molecule is O=C(Cn1c2c(sc1=O)[C@H](c1ccccc1)C1C(=O)N(c3ccc([N+](=O)[O-])cc3)C(=O)C1S2)Nc1ccc(Cl)cc1. The van der Waals surface area contributed by atoms with E-state index in [1.54, 1.807) is 24.3 Å². The Morgan fingerprint density at radius 3 is 2.29 bits per heavy atom. The molecule has 3 heterocycles. The third-order valence-corrected chi connectivity index (χ3v) is 9.81. The first-order chi connectivity index (χ1) is 19.7. The smallest absolute Gasteiger partial charge is 0.308 e. The van der Waals surface area contributed by atoms with Gasteiger partial charge in [0.15, 0.2) is 0 Å². The molecule has 3 aromatic carbocycles. The summed E-state index contributed by atoms with van der Waals surface area (Å²) >= 11 is 7.98. The number of carbonyl (C=O) groups excluding carboxylic acids is 3. The van der Waals surface area contributed by atoms with E-state index in [-0.39, 0.29) is 22.8 Å². The van der Waals surface area contributed by atoms with Crippen molar-refractivity contribution in [2.45, 2.75) is 22.7 Å². The second-order valence-corrected chi connectivity index (χ2v) is 12.0. The number of non-ortho nitro benzene ring substituents is 1. The Labute approximate surface area is 245 Å². The van der Waals surface area contributed by atoms with Crippen molar-refractivity contribution < 1.29 is 19.3 Å². The minimum atomic E-state index is -0.866. The first-order valence-electron chi connectivity index (χ1n) is 12.4. The van der Waals surface area contributed by atoms with E-state index in [0.717, 1.165) is 33.6 Å². The van der Waals surface area contributed by atoms with E-state index in [1.807, 2.05) is 30.3 Å². The predicted octanol–water partition coefficient (Wildman–Crippen LogP) is 4.91. The van der Waals surface area contributed by atoms with Gasteiger partial charge in [-0.2, -0.15) is 0 Å². The van der Waals surface area contributed by atoms with Gasteiger partial charge in [0.25, 0.3) is 5.69 Å². The van der Waals surface area contributed by atoms with Gasteiger partial charge in [-0.05, 0) is 42.0 Å². The van der Waals surface area contributed by atoms with Crippen molar-refractivity contribution in [2.24, 2.45) is 5.92 Å². The number of amides is 3. The number of thiazole rings is 1. The number of fused-ring (bicyclic) bond motifs is 2. The van der Waals surface area contributed by atoms with Gasteiger partial charge in [-0.3, -0.25) is 33.9 Å². The van der Waals surface area contributed by atoms with Crippen LogP contribution in [0.5, 0.6) is 0 Å². The van der Waals surface area contributed by atoms with E-state index in [1.165, 1.54) is 28.8 Å². The number of anilines is 2. The highest BCUT2D eigenvalue weighted by Crippen LogP contribution is 2.53. The van der Waals surface area contributed by atoms with Crippen LogP contribution >= 0.6 is 34.7 Å². The molecule has 2 aliphatic heterocycles. The molecule has 2 unspecified atom stereocenters. The van der Waals surface area contributed by atoms with Gasteiger partial charge >= 0.3 is 4.87 Å². The fraction of sp³-hybridized carbons (Fsp3) is 0.143. The van der Waals surface area contributed by atoms with Crippen LogP contribution in [-0.4, -0.2) is 32.5 Å². The number of thioether (sulfide) groups is 1. The molecule has 1 N–H and O–H groups in total. The van der Waals surface area contributed by atoms with Gasteiger partial charge < -0.3 is 5.32 Å². The van der Waals surface area contributed by atoms with Crippen LogP contribution in [0.3, 0.4) is 0 Å². The zero-order valence-electron chi connectivity index (χ0n) is 20.9. The number of nitro benzene ring substituents is 1. The lowest BCUT2D eigenvalue weighted by Gasteiger charge is -2.30.